The van der Waals surface area contributed by atoms with Gasteiger partial charge in [-0.15, -0.1) is 0 Å². The number of nitrogens with one attached hydrogen (secondary N) is 1. The van der Waals surface area contributed by atoms with Gasteiger partial charge in [0.15, 0.2) is 0 Å². The van der Waals surface area contributed by atoms with Crippen molar-refractivity contribution < 1.29 is 9.90 Å². The molecule has 0 fully saturated rings. The predicted molar refractivity (Wildman–Crippen MR) is 66.3 cm³/mol. The first-order chi connectivity index (χ1) is 8.25. The van der Waals surface area contributed by atoms with Gasteiger partial charge in [-0.05, 0) is 36.8 Å². The molecule has 0 aliphatic heterocycles. The van der Waals surface area contributed by atoms with Crippen molar-refractivity contribution in [2.24, 2.45) is 0 Å². The normalized spacial score (nSPS) is 14.8. The zero-order valence-corrected chi connectivity index (χ0v) is 9.62. The molecule has 0 bridgehead atoms. The second kappa shape index (κ2) is 3.91. The smallest absolute Gasteiger partial charge is 0.307 e. The van der Waals surface area contributed by atoms with Crippen LogP contribution in [0.2, 0.25) is 0 Å². The first-order valence-electron chi connectivity index (χ1n) is 6.09. The Labute approximate surface area is 99.5 Å². The number of fused-ring (bicyclic) bond motifs is 3. The van der Waals surface area contributed by atoms with Crippen molar-refractivity contribution in [1.82, 2.24) is 4.98 Å². The van der Waals surface area contributed by atoms with Crippen LogP contribution in [0.3, 0.4) is 0 Å². The summed E-state index contributed by atoms with van der Waals surface area (Å²) in [5.41, 5.74) is 4.63. The number of para-hydroxylation sites is 1. The highest BCUT2D eigenvalue weighted by atomic mass is 16.4. The van der Waals surface area contributed by atoms with Gasteiger partial charge < -0.3 is 10.1 Å². The number of aromatic nitrogens is 1. The molecule has 0 saturated carbocycles. The van der Waals surface area contributed by atoms with E-state index in [-0.39, 0.29) is 6.42 Å². The minimum atomic E-state index is -0.773. The third-order valence-corrected chi connectivity index (χ3v) is 3.56. The average molecular weight is 229 g/mol. The van der Waals surface area contributed by atoms with E-state index in [1.54, 1.807) is 0 Å². The Hall–Kier alpha value is -1.77. The summed E-state index contributed by atoms with van der Waals surface area (Å²) in [4.78, 5) is 14.3. The number of aromatic amines is 1. The van der Waals surface area contributed by atoms with Crippen LogP contribution in [-0.2, 0) is 24.1 Å². The summed E-state index contributed by atoms with van der Waals surface area (Å²) in [6.07, 6.45) is 4.77. The third kappa shape index (κ3) is 1.71. The van der Waals surface area contributed by atoms with Gasteiger partial charge in [0, 0.05) is 16.6 Å². The monoisotopic (exact) mass is 229 g/mol. The Balaban J connectivity index is 2.19. The van der Waals surface area contributed by atoms with Crippen LogP contribution in [0.4, 0.5) is 0 Å². The van der Waals surface area contributed by atoms with Gasteiger partial charge in [0.1, 0.15) is 0 Å². The van der Waals surface area contributed by atoms with E-state index in [1.165, 1.54) is 29.5 Å². The molecule has 1 aromatic heterocycles. The molecule has 2 aromatic rings. The number of H-pyrrole nitrogens is 1. The molecule has 88 valence electrons. The summed E-state index contributed by atoms with van der Waals surface area (Å²) >= 11 is 0. The van der Waals surface area contributed by atoms with Gasteiger partial charge in [0.25, 0.3) is 0 Å². The molecule has 2 N–H and O–H groups in total. The van der Waals surface area contributed by atoms with E-state index < -0.39 is 5.97 Å². The van der Waals surface area contributed by atoms with E-state index in [1.807, 2.05) is 12.1 Å². The summed E-state index contributed by atoms with van der Waals surface area (Å²) in [5.74, 6) is -0.773. The van der Waals surface area contributed by atoms with Gasteiger partial charge in [-0.1, -0.05) is 18.2 Å². The van der Waals surface area contributed by atoms with Gasteiger partial charge in [0.05, 0.1) is 6.42 Å². The molecule has 1 heterocycles. The molecule has 3 nitrogen and oxygen atoms in total. The number of carboxylic acids is 1. The first-order valence-corrected chi connectivity index (χ1v) is 6.09. The Morgan fingerprint density at radius 1 is 1.29 bits per heavy atom. The number of hydrogen-bond acceptors (Lipinski definition) is 1. The van der Waals surface area contributed by atoms with E-state index in [2.05, 4.69) is 11.1 Å². The molecule has 1 aliphatic carbocycles. The third-order valence-electron chi connectivity index (χ3n) is 3.56. The van der Waals surface area contributed by atoms with Crippen molar-refractivity contribution >= 4 is 16.9 Å². The van der Waals surface area contributed by atoms with Gasteiger partial charge in [0.2, 0.25) is 0 Å². The van der Waals surface area contributed by atoms with Crippen LogP contribution in [0.1, 0.15) is 29.7 Å². The maximum absolute atomic E-state index is 10.8. The fraction of sp³-hybridized carbons (Fsp3) is 0.357. The fourth-order valence-corrected chi connectivity index (χ4v) is 2.80. The van der Waals surface area contributed by atoms with Crippen LogP contribution in [0.5, 0.6) is 0 Å². The molecule has 0 amide bonds. The Morgan fingerprint density at radius 2 is 2.12 bits per heavy atom. The second-order valence-electron chi connectivity index (χ2n) is 4.70. The molecule has 17 heavy (non-hydrogen) atoms. The number of aliphatic carboxylic acids is 1. The molecule has 3 heteroatoms. The Bertz CT molecular complexity index is 583. The first kappa shape index (κ1) is 10.4. The van der Waals surface area contributed by atoms with Crippen LogP contribution >= 0.6 is 0 Å². The largest absolute Gasteiger partial charge is 0.481 e. The lowest BCUT2D eigenvalue weighted by atomic mass is 9.95. The van der Waals surface area contributed by atoms with Gasteiger partial charge >= 0.3 is 5.97 Å². The number of carboxylic acid groups (broad SMARTS) is 1. The van der Waals surface area contributed by atoms with E-state index in [0.29, 0.717) is 0 Å². The van der Waals surface area contributed by atoms with E-state index >= 15 is 0 Å². The number of hydrogen-bond donors (Lipinski definition) is 2. The van der Waals surface area contributed by atoms with E-state index in [9.17, 15) is 4.79 Å². The van der Waals surface area contributed by atoms with E-state index in [0.717, 1.165) is 23.9 Å². The SMILES string of the molecule is O=C(O)Cc1cccc2c3c([nH]c12)CCCC3. The van der Waals surface area contributed by atoms with Crippen LogP contribution in [0.25, 0.3) is 10.9 Å². The lowest BCUT2D eigenvalue weighted by molar-refractivity contribution is -0.136. The predicted octanol–water partition coefficient (Wildman–Crippen LogP) is 2.67. The van der Waals surface area contributed by atoms with Crippen molar-refractivity contribution in [3.05, 3.63) is 35.0 Å². The number of aryl methyl sites for hydroxylation is 2. The molecule has 1 aromatic carbocycles. The summed E-state index contributed by atoms with van der Waals surface area (Å²) < 4.78 is 0. The van der Waals surface area contributed by atoms with Crippen molar-refractivity contribution in [3.8, 4) is 0 Å². The lowest BCUT2D eigenvalue weighted by Crippen LogP contribution is -2.00. The van der Waals surface area contributed by atoms with Crippen molar-refractivity contribution in [2.75, 3.05) is 0 Å². The molecule has 3 rings (SSSR count). The zero-order valence-electron chi connectivity index (χ0n) is 9.62. The highest BCUT2D eigenvalue weighted by Gasteiger charge is 2.17. The van der Waals surface area contributed by atoms with Gasteiger partial charge in [-0.3, -0.25) is 4.79 Å². The molecular formula is C14H15NO2. The minimum Gasteiger partial charge on any atom is -0.481 e. The minimum absolute atomic E-state index is 0.0940. The highest BCUT2D eigenvalue weighted by Crippen LogP contribution is 2.30. The molecule has 0 spiro atoms. The summed E-state index contributed by atoms with van der Waals surface area (Å²) in [6.45, 7) is 0. The summed E-state index contributed by atoms with van der Waals surface area (Å²) in [6, 6.07) is 5.96. The molecule has 1 aliphatic rings. The van der Waals surface area contributed by atoms with Crippen molar-refractivity contribution in [3.63, 3.8) is 0 Å². The zero-order chi connectivity index (χ0) is 11.8. The summed E-state index contributed by atoms with van der Waals surface area (Å²) in [5, 5.41) is 10.1. The van der Waals surface area contributed by atoms with Crippen LogP contribution in [-0.4, -0.2) is 16.1 Å². The average Bonchev–Trinajstić information content (AvgIpc) is 2.68. The van der Waals surface area contributed by atoms with Crippen LogP contribution in [0.15, 0.2) is 18.2 Å². The molecular weight excluding hydrogens is 214 g/mol. The summed E-state index contributed by atoms with van der Waals surface area (Å²) in [7, 11) is 0. The van der Waals surface area contributed by atoms with E-state index in [4.69, 9.17) is 5.11 Å². The maximum Gasteiger partial charge on any atom is 0.307 e. The topological polar surface area (TPSA) is 53.1 Å². The molecule has 0 atom stereocenters. The standard InChI is InChI=1S/C14H15NO2/c16-13(17)8-9-4-3-6-11-10-5-1-2-7-12(10)15-14(9)11/h3-4,6,15H,1-2,5,7-8H2,(H,16,17). The van der Waals surface area contributed by atoms with Gasteiger partial charge in [-0.25, -0.2) is 0 Å². The van der Waals surface area contributed by atoms with Crippen LogP contribution in [0, 0.1) is 0 Å². The quantitative estimate of drug-likeness (QED) is 0.831. The second-order valence-corrected chi connectivity index (χ2v) is 4.70. The van der Waals surface area contributed by atoms with Crippen molar-refractivity contribution in [2.45, 2.75) is 32.1 Å². The fourth-order valence-electron chi connectivity index (χ4n) is 2.80. The molecule has 0 saturated heterocycles. The highest BCUT2D eigenvalue weighted by molar-refractivity contribution is 5.90. The molecule has 0 unspecified atom stereocenters. The Morgan fingerprint density at radius 3 is 2.94 bits per heavy atom. The number of rotatable bonds is 2. The maximum atomic E-state index is 10.8. The van der Waals surface area contributed by atoms with Gasteiger partial charge in [-0.2, -0.15) is 0 Å². The Kier molecular flexibility index (Phi) is 2.39. The number of carbonyl (C=O) groups is 1. The van der Waals surface area contributed by atoms with Crippen LogP contribution < -0.4 is 0 Å². The number of benzene rings is 1. The van der Waals surface area contributed by atoms with Crippen molar-refractivity contribution in [1.29, 1.82) is 0 Å². The molecule has 0 radical (unpaired) electrons. The lowest BCUT2D eigenvalue weighted by Gasteiger charge is -2.10.